The number of nitrogens with one attached hydrogen (secondary N) is 2. The normalized spacial score (nSPS) is 11.9. The summed E-state index contributed by atoms with van der Waals surface area (Å²) in [6.07, 6.45) is 1.35. The number of aliphatic imine (C=N–C) groups is 1. The van der Waals surface area contributed by atoms with Crippen LogP contribution in [-0.2, 0) is 20.0 Å². The maximum absolute atomic E-state index is 13.7. The van der Waals surface area contributed by atoms with E-state index in [2.05, 4.69) is 24.4 Å². The highest BCUT2D eigenvalue weighted by atomic mass is 32.2. The van der Waals surface area contributed by atoms with E-state index in [1.54, 1.807) is 68.4 Å². The molecule has 0 amide bonds. The zero-order chi connectivity index (χ0) is 35.6. The summed E-state index contributed by atoms with van der Waals surface area (Å²) in [5, 5.41) is 12.2. The number of methoxy groups -OCH3 is 1. The number of benzene rings is 4. The smallest absolute Gasteiger partial charge is 0.265 e. The molecule has 0 saturated heterocycles. The second kappa shape index (κ2) is 13.4. The Morgan fingerprint density at radius 1 is 0.760 bits per heavy atom. The fourth-order valence-corrected chi connectivity index (χ4v) is 7.31. The van der Waals surface area contributed by atoms with Gasteiger partial charge in [-0.15, -0.1) is 0 Å². The summed E-state index contributed by atoms with van der Waals surface area (Å²) in [6.45, 7) is 3.47. The van der Waals surface area contributed by atoms with E-state index in [4.69, 9.17) is 4.74 Å². The molecule has 6 aromatic rings. The first-order chi connectivity index (χ1) is 23.9. The third kappa shape index (κ3) is 6.90. The summed E-state index contributed by atoms with van der Waals surface area (Å²) < 4.78 is 63.8. The number of aryl methyl sites for hydroxylation is 2. The molecule has 6 rings (SSSR count). The summed E-state index contributed by atoms with van der Waals surface area (Å²) >= 11 is 0. The van der Waals surface area contributed by atoms with Crippen LogP contribution >= 0.6 is 0 Å². The summed E-state index contributed by atoms with van der Waals surface area (Å²) in [7, 11) is -6.72. The van der Waals surface area contributed by atoms with Crippen molar-refractivity contribution in [2.75, 3.05) is 16.6 Å². The SMILES string of the molecule is COc1ccccc1NS(=O)(=O)c1cccc(-n2c(O)c(C=Nc3ccc(S(=O)(=O)Nc4nc(C)cc(C)n4)cc3)c3ccccc3c2=O)c1. The Hall–Kier alpha value is -6.06. The van der Waals surface area contributed by atoms with Crippen LogP contribution < -0.4 is 19.7 Å². The predicted molar refractivity (Wildman–Crippen MR) is 191 cm³/mol. The molecule has 3 N–H and O–H groups in total. The molecule has 13 nitrogen and oxygen atoms in total. The van der Waals surface area contributed by atoms with Gasteiger partial charge in [0.1, 0.15) is 5.75 Å². The first kappa shape index (κ1) is 33.8. The van der Waals surface area contributed by atoms with Gasteiger partial charge in [-0.2, -0.15) is 0 Å². The standard InChI is InChI=1S/C35H30N6O7S2/c1-22-19-23(2)38-35(37-22)40-49(44,45)26-17-15-24(16-18-26)36-21-30-28-11-4-5-12-29(28)33(42)41(34(30)43)25-9-8-10-27(20-25)50(46,47)39-31-13-6-7-14-32(31)48-3/h4-21,39,43H,1-3H3,(H,37,38,40). The summed E-state index contributed by atoms with van der Waals surface area (Å²) in [5.74, 6) is -0.209. The highest BCUT2D eigenvalue weighted by Gasteiger charge is 2.21. The summed E-state index contributed by atoms with van der Waals surface area (Å²) in [6, 6.07) is 26.1. The zero-order valence-corrected chi connectivity index (χ0v) is 28.5. The zero-order valence-electron chi connectivity index (χ0n) is 26.9. The lowest BCUT2D eigenvalue weighted by molar-refractivity contribution is 0.417. The molecule has 0 saturated carbocycles. The van der Waals surface area contributed by atoms with E-state index in [0.29, 0.717) is 28.2 Å². The highest BCUT2D eigenvalue weighted by Crippen LogP contribution is 2.30. The average Bonchev–Trinajstić information content (AvgIpc) is 3.08. The van der Waals surface area contributed by atoms with E-state index >= 15 is 0 Å². The molecular weight excluding hydrogens is 681 g/mol. The lowest BCUT2D eigenvalue weighted by Crippen LogP contribution is -2.21. The fraction of sp³-hybridized carbons (Fsp3) is 0.0857. The number of hydrogen-bond acceptors (Lipinski definition) is 10. The number of rotatable bonds is 10. The Kier molecular flexibility index (Phi) is 9.10. The Bertz CT molecular complexity index is 2550. The van der Waals surface area contributed by atoms with Crippen LogP contribution in [0.5, 0.6) is 11.6 Å². The Morgan fingerprint density at radius 3 is 2.10 bits per heavy atom. The van der Waals surface area contributed by atoms with Crippen LogP contribution in [0.15, 0.2) is 123 Å². The van der Waals surface area contributed by atoms with Gasteiger partial charge in [0.25, 0.3) is 25.6 Å². The van der Waals surface area contributed by atoms with E-state index in [0.717, 1.165) is 4.57 Å². The van der Waals surface area contributed by atoms with Crippen LogP contribution in [0.3, 0.4) is 0 Å². The van der Waals surface area contributed by atoms with E-state index in [-0.39, 0.29) is 38.1 Å². The number of ether oxygens (including phenoxy) is 1. The number of para-hydroxylation sites is 2. The molecule has 254 valence electrons. The third-order valence-corrected chi connectivity index (χ3v) is 10.2. The molecule has 2 aromatic heterocycles. The highest BCUT2D eigenvalue weighted by molar-refractivity contribution is 7.93. The first-order valence-corrected chi connectivity index (χ1v) is 18.0. The van der Waals surface area contributed by atoms with Gasteiger partial charge in [-0.3, -0.25) is 14.5 Å². The van der Waals surface area contributed by atoms with E-state index in [1.807, 2.05) is 0 Å². The van der Waals surface area contributed by atoms with Crippen molar-refractivity contribution in [3.05, 3.63) is 130 Å². The van der Waals surface area contributed by atoms with E-state index < -0.39 is 31.5 Å². The first-order valence-electron chi connectivity index (χ1n) is 15.0. The molecule has 0 atom stereocenters. The van der Waals surface area contributed by atoms with Crippen LogP contribution in [0.2, 0.25) is 0 Å². The van der Waals surface area contributed by atoms with Crippen molar-refractivity contribution in [1.29, 1.82) is 0 Å². The van der Waals surface area contributed by atoms with Crippen molar-refractivity contribution >= 4 is 54.4 Å². The number of aromatic hydroxyl groups is 1. The largest absolute Gasteiger partial charge is 0.495 e. The van der Waals surface area contributed by atoms with Gasteiger partial charge in [-0.1, -0.05) is 36.4 Å². The van der Waals surface area contributed by atoms with Gasteiger partial charge in [0.15, 0.2) is 0 Å². The number of fused-ring (bicyclic) bond motifs is 1. The van der Waals surface area contributed by atoms with Crippen molar-refractivity contribution < 1.29 is 26.7 Å². The molecular formula is C35H30N6O7S2. The van der Waals surface area contributed by atoms with Crippen LogP contribution in [0.1, 0.15) is 17.0 Å². The van der Waals surface area contributed by atoms with E-state index in [1.165, 1.54) is 61.9 Å². The lowest BCUT2D eigenvalue weighted by Gasteiger charge is -2.15. The van der Waals surface area contributed by atoms with Gasteiger partial charge in [0.2, 0.25) is 11.8 Å². The Balaban J connectivity index is 1.35. The number of nitrogens with zero attached hydrogens (tertiary/aromatic N) is 4. The molecule has 2 heterocycles. The van der Waals surface area contributed by atoms with Gasteiger partial charge in [0.05, 0.1) is 39.5 Å². The third-order valence-electron chi connectivity index (χ3n) is 7.54. The monoisotopic (exact) mass is 710 g/mol. The molecule has 0 radical (unpaired) electrons. The minimum atomic E-state index is -4.14. The molecule has 15 heteroatoms. The van der Waals surface area contributed by atoms with Gasteiger partial charge >= 0.3 is 0 Å². The lowest BCUT2D eigenvalue weighted by atomic mass is 10.1. The van der Waals surface area contributed by atoms with Gasteiger partial charge in [0, 0.05) is 28.4 Å². The maximum atomic E-state index is 13.7. The van der Waals surface area contributed by atoms with Gasteiger partial charge in [-0.05, 0) is 80.6 Å². The number of pyridine rings is 1. The van der Waals surface area contributed by atoms with Crippen molar-refractivity contribution in [3.8, 4) is 17.3 Å². The maximum Gasteiger partial charge on any atom is 0.265 e. The second-order valence-electron chi connectivity index (χ2n) is 11.1. The van der Waals surface area contributed by atoms with Crippen molar-refractivity contribution in [2.24, 2.45) is 4.99 Å². The summed E-state index contributed by atoms with van der Waals surface area (Å²) in [5.41, 5.74) is 1.47. The average molecular weight is 711 g/mol. The molecule has 0 aliphatic heterocycles. The topological polar surface area (TPSA) is 182 Å². The number of sulfonamides is 2. The number of aromatic nitrogens is 3. The van der Waals surface area contributed by atoms with Crippen molar-refractivity contribution in [3.63, 3.8) is 0 Å². The molecule has 0 bridgehead atoms. The molecule has 0 spiro atoms. The second-order valence-corrected chi connectivity index (χ2v) is 14.4. The van der Waals surface area contributed by atoms with E-state index in [9.17, 15) is 26.7 Å². The van der Waals surface area contributed by atoms with Gasteiger partial charge < -0.3 is 9.84 Å². The molecule has 0 aliphatic rings. The number of hydrogen-bond donors (Lipinski definition) is 3. The van der Waals surface area contributed by atoms with Gasteiger partial charge in [-0.25, -0.2) is 36.1 Å². The minimum absolute atomic E-state index is 0.0436. The molecule has 4 aromatic carbocycles. The molecule has 0 fully saturated rings. The predicted octanol–water partition coefficient (Wildman–Crippen LogP) is 5.46. The fourth-order valence-electron chi connectivity index (χ4n) is 5.25. The number of anilines is 2. The van der Waals surface area contributed by atoms with Crippen LogP contribution in [0.4, 0.5) is 17.3 Å². The van der Waals surface area contributed by atoms with Crippen LogP contribution in [0.25, 0.3) is 16.5 Å². The molecule has 50 heavy (non-hydrogen) atoms. The van der Waals surface area contributed by atoms with Crippen LogP contribution in [-0.4, -0.2) is 49.8 Å². The van der Waals surface area contributed by atoms with Crippen molar-refractivity contribution in [1.82, 2.24) is 14.5 Å². The molecule has 0 unspecified atom stereocenters. The quantitative estimate of drug-likeness (QED) is 0.155. The molecule has 0 aliphatic carbocycles. The Morgan fingerprint density at radius 2 is 1.40 bits per heavy atom. The van der Waals surface area contributed by atoms with Crippen LogP contribution in [0, 0.1) is 13.8 Å². The summed E-state index contributed by atoms with van der Waals surface area (Å²) in [4.78, 5) is 26.2. The van der Waals surface area contributed by atoms with Crippen molar-refractivity contribution in [2.45, 2.75) is 23.6 Å². The Labute approximate surface area is 287 Å². The minimum Gasteiger partial charge on any atom is -0.495 e.